The van der Waals surface area contributed by atoms with Gasteiger partial charge >= 0.3 is 5.97 Å². The van der Waals surface area contributed by atoms with Gasteiger partial charge in [0.15, 0.2) is 0 Å². The number of ether oxygens (including phenoxy) is 1. The van der Waals surface area contributed by atoms with Crippen LogP contribution < -0.4 is 0 Å². The fourth-order valence-corrected chi connectivity index (χ4v) is 3.19. The maximum Gasteiger partial charge on any atom is 0.307 e. The largest absolute Gasteiger partial charge is 0.457 e. The molecule has 2 aliphatic rings. The summed E-state index contributed by atoms with van der Waals surface area (Å²) >= 11 is 0. The van der Waals surface area contributed by atoms with Crippen LogP contribution in [0.3, 0.4) is 0 Å². The highest BCUT2D eigenvalue weighted by Crippen LogP contribution is 2.40. The van der Waals surface area contributed by atoms with E-state index in [4.69, 9.17) is 4.74 Å². The Kier molecular flexibility index (Phi) is 5.44. The van der Waals surface area contributed by atoms with Gasteiger partial charge in [0, 0.05) is 5.41 Å². The Morgan fingerprint density at radius 3 is 2.52 bits per heavy atom. The number of hydrogen-bond donors (Lipinski definition) is 0. The van der Waals surface area contributed by atoms with Gasteiger partial charge in [-0.1, -0.05) is 36.3 Å². The Morgan fingerprint density at radius 2 is 1.76 bits per heavy atom. The second kappa shape index (κ2) is 7.11. The van der Waals surface area contributed by atoms with Crippen molar-refractivity contribution in [3.63, 3.8) is 0 Å². The SMILES string of the molecule is C/C1=C\CC/C(C)=C/CC[C@@]2(C)CC(=O)O[C@@H]2/C=C/CC1. The summed E-state index contributed by atoms with van der Waals surface area (Å²) in [5, 5.41) is 0. The fourth-order valence-electron chi connectivity index (χ4n) is 3.19. The van der Waals surface area contributed by atoms with Crippen LogP contribution in [0, 0.1) is 5.41 Å². The molecule has 2 nitrogen and oxygen atoms in total. The molecule has 1 aliphatic carbocycles. The predicted octanol–water partition coefficient (Wildman–Crippen LogP) is 5.11. The van der Waals surface area contributed by atoms with Crippen molar-refractivity contribution in [3.05, 3.63) is 35.5 Å². The first kappa shape index (κ1) is 16.1. The molecule has 1 heterocycles. The molecule has 0 aromatic carbocycles. The minimum Gasteiger partial charge on any atom is -0.457 e. The Labute approximate surface area is 129 Å². The molecule has 2 atom stereocenters. The van der Waals surface area contributed by atoms with E-state index in [1.807, 2.05) is 0 Å². The molecule has 0 N–H and O–H groups in total. The summed E-state index contributed by atoms with van der Waals surface area (Å²) in [5.41, 5.74) is 2.87. The van der Waals surface area contributed by atoms with Crippen LogP contribution in [-0.2, 0) is 9.53 Å². The molecule has 1 saturated heterocycles. The van der Waals surface area contributed by atoms with E-state index < -0.39 is 0 Å². The summed E-state index contributed by atoms with van der Waals surface area (Å²) in [7, 11) is 0. The first-order valence-corrected chi connectivity index (χ1v) is 8.17. The lowest BCUT2D eigenvalue weighted by Gasteiger charge is -2.26. The minimum absolute atomic E-state index is 0.0423. The monoisotopic (exact) mass is 288 g/mol. The molecule has 0 aromatic heterocycles. The third kappa shape index (κ3) is 4.59. The van der Waals surface area contributed by atoms with E-state index in [1.165, 1.54) is 11.1 Å². The van der Waals surface area contributed by atoms with Crippen LogP contribution in [-0.4, -0.2) is 12.1 Å². The summed E-state index contributed by atoms with van der Waals surface area (Å²) in [6.45, 7) is 6.61. The van der Waals surface area contributed by atoms with Gasteiger partial charge in [0.1, 0.15) is 6.10 Å². The molecule has 0 radical (unpaired) electrons. The van der Waals surface area contributed by atoms with Gasteiger partial charge in [0.2, 0.25) is 0 Å². The molecule has 0 aromatic rings. The van der Waals surface area contributed by atoms with E-state index >= 15 is 0 Å². The first-order valence-electron chi connectivity index (χ1n) is 8.17. The maximum atomic E-state index is 11.7. The van der Waals surface area contributed by atoms with Crippen molar-refractivity contribution >= 4 is 5.97 Å². The van der Waals surface area contributed by atoms with Crippen LogP contribution in [0.15, 0.2) is 35.5 Å². The number of hydrogen-bond acceptors (Lipinski definition) is 2. The summed E-state index contributed by atoms with van der Waals surface area (Å²) < 4.78 is 5.52. The van der Waals surface area contributed by atoms with Crippen LogP contribution in [0.5, 0.6) is 0 Å². The average Bonchev–Trinajstić information content (AvgIpc) is 2.69. The van der Waals surface area contributed by atoms with Crippen LogP contribution in [0.4, 0.5) is 0 Å². The fraction of sp³-hybridized carbons (Fsp3) is 0.632. The number of allylic oxidation sites excluding steroid dienone is 5. The Balaban J connectivity index is 2.14. The minimum atomic E-state index is -0.0501. The molecule has 2 rings (SSSR count). The molecule has 0 unspecified atom stereocenters. The van der Waals surface area contributed by atoms with Gasteiger partial charge in [-0.15, -0.1) is 0 Å². The van der Waals surface area contributed by atoms with Gasteiger partial charge in [-0.25, -0.2) is 0 Å². The molecule has 116 valence electrons. The average molecular weight is 288 g/mol. The molecule has 2 heteroatoms. The predicted molar refractivity (Wildman–Crippen MR) is 87.0 cm³/mol. The Hall–Kier alpha value is -1.31. The zero-order valence-corrected chi connectivity index (χ0v) is 13.7. The lowest BCUT2D eigenvalue weighted by Crippen LogP contribution is -2.25. The molecular weight excluding hydrogens is 260 g/mol. The van der Waals surface area contributed by atoms with Crippen molar-refractivity contribution in [1.82, 2.24) is 0 Å². The van der Waals surface area contributed by atoms with E-state index in [-0.39, 0.29) is 17.5 Å². The van der Waals surface area contributed by atoms with Crippen molar-refractivity contribution in [1.29, 1.82) is 0 Å². The smallest absolute Gasteiger partial charge is 0.307 e. The molecule has 1 fully saturated rings. The number of fused-ring (bicyclic) bond motifs is 1. The molecule has 0 saturated carbocycles. The third-order valence-electron chi connectivity index (χ3n) is 4.75. The highest BCUT2D eigenvalue weighted by atomic mass is 16.6. The van der Waals surface area contributed by atoms with Crippen molar-refractivity contribution in [2.45, 2.75) is 71.8 Å². The zero-order chi connectivity index (χ0) is 15.3. The molecule has 0 amide bonds. The van der Waals surface area contributed by atoms with Crippen LogP contribution in [0.1, 0.15) is 65.7 Å². The lowest BCUT2D eigenvalue weighted by molar-refractivity contribution is -0.140. The van der Waals surface area contributed by atoms with E-state index in [9.17, 15) is 4.79 Å². The van der Waals surface area contributed by atoms with Crippen LogP contribution in [0.25, 0.3) is 0 Å². The topological polar surface area (TPSA) is 26.3 Å². The quantitative estimate of drug-likeness (QED) is 0.457. The molecule has 21 heavy (non-hydrogen) atoms. The number of esters is 1. The number of rotatable bonds is 0. The van der Waals surface area contributed by atoms with E-state index in [0.717, 1.165) is 38.5 Å². The first-order chi connectivity index (χ1) is 9.99. The van der Waals surface area contributed by atoms with Crippen LogP contribution >= 0.6 is 0 Å². The summed E-state index contributed by atoms with van der Waals surface area (Å²) in [6, 6.07) is 0. The zero-order valence-electron chi connectivity index (χ0n) is 13.7. The highest BCUT2D eigenvalue weighted by Gasteiger charge is 2.43. The maximum absolute atomic E-state index is 11.7. The molecule has 1 aliphatic heterocycles. The van der Waals surface area contributed by atoms with Gasteiger partial charge in [0.05, 0.1) is 6.42 Å². The Morgan fingerprint density at radius 1 is 1.10 bits per heavy atom. The molecular formula is C19H28O2. The normalized spacial score (nSPS) is 38.2. The number of carbonyl (C=O) groups is 1. The summed E-state index contributed by atoms with van der Waals surface area (Å²) in [5.74, 6) is -0.0479. The van der Waals surface area contributed by atoms with Gasteiger partial charge < -0.3 is 4.74 Å². The summed E-state index contributed by atoms with van der Waals surface area (Å²) in [4.78, 5) is 11.7. The van der Waals surface area contributed by atoms with Crippen molar-refractivity contribution in [2.24, 2.45) is 5.41 Å². The highest BCUT2D eigenvalue weighted by molar-refractivity contribution is 5.73. The van der Waals surface area contributed by atoms with Gasteiger partial charge in [0.25, 0.3) is 0 Å². The van der Waals surface area contributed by atoms with Crippen LogP contribution in [0.2, 0.25) is 0 Å². The standard InChI is InChI=1S/C19H28O2/c1-15-8-4-5-12-17-19(3,14-18(20)21-17)13-7-11-16(2)10-6-9-15/h5,9,11-12,17H,4,6-8,10,13-14H2,1-3H3/b12-5+,15-9+,16-11+/t17-,19+/m1/s1. The van der Waals surface area contributed by atoms with E-state index in [1.54, 1.807) is 0 Å². The molecule has 0 bridgehead atoms. The van der Waals surface area contributed by atoms with Crippen molar-refractivity contribution < 1.29 is 9.53 Å². The molecule has 0 spiro atoms. The Bertz CT molecular complexity index is 470. The van der Waals surface area contributed by atoms with Gasteiger partial charge in [-0.2, -0.15) is 0 Å². The second-order valence-corrected chi connectivity index (χ2v) is 6.89. The van der Waals surface area contributed by atoms with Crippen molar-refractivity contribution in [2.75, 3.05) is 0 Å². The van der Waals surface area contributed by atoms with E-state index in [2.05, 4.69) is 45.1 Å². The van der Waals surface area contributed by atoms with E-state index in [0.29, 0.717) is 6.42 Å². The number of carbonyl (C=O) groups excluding carboxylic acids is 1. The van der Waals surface area contributed by atoms with Gasteiger partial charge in [-0.05, 0) is 58.4 Å². The van der Waals surface area contributed by atoms with Gasteiger partial charge in [-0.3, -0.25) is 4.79 Å². The summed E-state index contributed by atoms with van der Waals surface area (Å²) in [6.07, 6.45) is 15.9. The third-order valence-corrected chi connectivity index (χ3v) is 4.75. The second-order valence-electron chi connectivity index (χ2n) is 6.89. The van der Waals surface area contributed by atoms with Crippen molar-refractivity contribution in [3.8, 4) is 0 Å². The lowest BCUT2D eigenvalue weighted by atomic mass is 9.78.